The first-order valence-electron chi connectivity index (χ1n) is 11.6. The molecule has 0 heterocycles. The van der Waals surface area contributed by atoms with Gasteiger partial charge in [0.1, 0.15) is 0 Å². The summed E-state index contributed by atoms with van der Waals surface area (Å²) >= 11 is 0. The third-order valence-electron chi connectivity index (χ3n) is 6.30. The number of anilines is 3. The fraction of sp³-hybridized carbons (Fsp3) is 0.161. The standard InChI is InChI=1S/C31H29N/c1-24-11-13-25(14-12-24)15-16-26-17-20-30(21-18-26)32(29-9-3-2-4-10-29)31-22-19-27-7-5-6-8-28(27)23-31/h2-4,9-23H,5-8H2,1H3/b16-15+. The van der Waals surface area contributed by atoms with Crippen molar-refractivity contribution in [3.05, 3.63) is 125 Å². The van der Waals surface area contributed by atoms with Crippen LogP contribution in [0.3, 0.4) is 0 Å². The van der Waals surface area contributed by atoms with Gasteiger partial charge in [0.2, 0.25) is 0 Å². The van der Waals surface area contributed by atoms with Crippen LogP contribution in [0.1, 0.15) is 40.7 Å². The number of fused-ring (bicyclic) bond motifs is 1. The average molecular weight is 416 g/mol. The molecule has 0 radical (unpaired) electrons. The average Bonchev–Trinajstić information content (AvgIpc) is 2.85. The molecule has 158 valence electrons. The number of aryl methyl sites for hydroxylation is 3. The lowest BCUT2D eigenvalue weighted by atomic mass is 9.91. The summed E-state index contributed by atoms with van der Waals surface area (Å²) in [5.74, 6) is 0. The zero-order valence-corrected chi connectivity index (χ0v) is 18.7. The molecular formula is C31H29N. The molecule has 1 aliphatic rings. The molecule has 0 fully saturated rings. The van der Waals surface area contributed by atoms with E-state index in [4.69, 9.17) is 0 Å². The lowest BCUT2D eigenvalue weighted by Crippen LogP contribution is -2.11. The SMILES string of the molecule is Cc1ccc(/C=C/c2ccc(N(c3ccccc3)c3ccc4c(c3)CCCC4)cc2)cc1. The first-order valence-corrected chi connectivity index (χ1v) is 11.6. The molecule has 0 bridgehead atoms. The van der Waals surface area contributed by atoms with Crippen LogP contribution in [0.4, 0.5) is 17.1 Å². The monoisotopic (exact) mass is 415 g/mol. The zero-order chi connectivity index (χ0) is 21.8. The van der Waals surface area contributed by atoms with E-state index in [1.807, 2.05) is 0 Å². The summed E-state index contributed by atoms with van der Waals surface area (Å²) in [4.78, 5) is 2.36. The van der Waals surface area contributed by atoms with Gasteiger partial charge in [0.05, 0.1) is 0 Å². The number of para-hydroxylation sites is 1. The lowest BCUT2D eigenvalue weighted by Gasteiger charge is -2.27. The molecule has 0 N–H and O–H groups in total. The quantitative estimate of drug-likeness (QED) is 0.295. The molecule has 4 aromatic rings. The third-order valence-corrected chi connectivity index (χ3v) is 6.30. The maximum atomic E-state index is 2.40. The Hall–Kier alpha value is -3.58. The Morgan fingerprint density at radius 1 is 0.562 bits per heavy atom. The van der Waals surface area contributed by atoms with Gasteiger partial charge < -0.3 is 4.90 Å². The molecule has 4 aromatic carbocycles. The van der Waals surface area contributed by atoms with Crippen LogP contribution >= 0.6 is 0 Å². The lowest BCUT2D eigenvalue weighted by molar-refractivity contribution is 0.685. The topological polar surface area (TPSA) is 3.24 Å². The van der Waals surface area contributed by atoms with Crippen molar-refractivity contribution in [1.82, 2.24) is 0 Å². The van der Waals surface area contributed by atoms with Gasteiger partial charge in [-0.2, -0.15) is 0 Å². The van der Waals surface area contributed by atoms with Crippen molar-refractivity contribution < 1.29 is 0 Å². The van der Waals surface area contributed by atoms with Gasteiger partial charge in [-0.1, -0.05) is 78.4 Å². The first kappa shape index (κ1) is 20.3. The normalized spacial score (nSPS) is 13.2. The maximum Gasteiger partial charge on any atom is 0.0464 e. The van der Waals surface area contributed by atoms with E-state index < -0.39 is 0 Å². The van der Waals surface area contributed by atoms with E-state index in [0.29, 0.717) is 0 Å². The van der Waals surface area contributed by atoms with Crippen LogP contribution in [-0.2, 0) is 12.8 Å². The van der Waals surface area contributed by atoms with Crippen molar-refractivity contribution >= 4 is 29.2 Å². The molecule has 0 amide bonds. The fourth-order valence-corrected chi connectivity index (χ4v) is 4.49. The third kappa shape index (κ3) is 4.53. The Morgan fingerprint density at radius 2 is 1.12 bits per heavy atom. The number of hydrogen-bond donors (Lipinski definition) is 0. The Bertz CT molecular complexity index is 1200. The summed E-state index contributed by atoms with van der Waals surface area (Å²) in [5, 5.41) is 0. The molecule has 0 saturated heterocycles. The van der Waals surface area contributed by atoms with Crippen molar-refractivity contribution in [3.8, 4) is 0 Å². The molecule has 0 aromatic heterocycles. The molecule has 0 unspecified atom stereocenters. The van der Waals surface area contributed by atoms with E-state index in [2.05, 4.69) is 121 Å². The molecule has 0 saturated carbocycles. The predicted molar refractivity (Wildman–Crippen MR) is 138 cm³/mol. The second-order valence-corrected chi connectivity index (χ2v) is 8.67. The summed E-state index contributed by atoms with van der Waals surface area (Å²) in [6.45, 7) is 2.12. The smallest absolute Gasteiger partial charge is 0.0464 e. The van der Waals surface area contributed by atoms with Crippen LogP contribution in [0.5, 0.6) is 0 Å². The van der Waals surface area contributed by atoms with Gasteiger partial charge in [-0.3, -0.25) is 0 Å². The van der Waals surface area contributed by atoms with E-state index in [0.717, 1.165) is 0 Å². The molecule has 0 spiro atoms. The van der Waals surface area contributed by atoms with Gasteiger partial charge in [-0.15, -0.1) is 0 Å². The molecular weight excluding hydrogens is 386 g/mol. The minimum absolute atomic E-state index is 1.18. The zero-order valence-electron chi connectivity index (χ0n) is 18.7. The molecule has 1 aliphatic carbocycles. The number of hydrogen-bond acceptors (Lipinski definition) is 1. The highest BCUT2D eigenvalue weighted by atomic mass is 15.1. The van der Waals surface area contributed by atoms with Crippen molar-refractivity contribution in [1.29, 1.82) is 0 Å². The Balaban J connectivity index is 1.46. The Kier molecular flexibility index (Phi) is 5.89. The minimum Gasteiger partial charge on any atom is -0.310 e. The summed E-state index contributed by atoms with van der Waals surface area (Å²) in [6, 6.07) is 35.2. The second-order valence-electron chi connectivity index (χ2n) is 8.67. The van der Waals surface area contributed by atoms with Crippen molar-refractivity contribution in [3.63, 3.8) is 0 Å². The van der Waals surface area contributed by atoms with Crippen molar-refractivity contribution in [2.75, 3.05) is 4.90 Å². The number of nitrogens with zero attached hydrogens (tertiary/aromatic N) is 1. The summed E-state index contributed by atoms with van der Waals surface area (Å²) < 4.78 is 0. The molecule has 5 rings (SSSR count). The Morgan fingerprint density at radius 3 is 1.81 bits per heavy atom. The highest BCUT2D eigenvalue weighted by Crippen LogP contribution is 2.36. The summed E-state index contributed by atoms with van der Waals surface area (Å²) in [6.07, 6.45) is 9.36. The van der Waals surface area contributed by atoms with Crippen LogP contribution in [0.25, 0.3) is 12.2 Å². The van der Waals surface area contributed by atoms with Crippen LogP contribution in [0, 0.1) is 6.92 Å². The predicted octanol–water partition coefficient (Wildman–Crippen LogP) is 8.51. The molecule has 1 nitrogen and oxygen atoms in total. The fourth-order valence-electron chi connectivity index (χ4n) is 4.49. The summed E-state index contributed by atoms with van der Waals surface area (Å²) in [7, 11) is 0. The van der Waals surface area contributed by atoms with Crippen molar-refractivity contribution in [2.45, 2.75) is 32.6 Å². The van der Waals surface area contributed by atoms with E-state index in [1.165, 1.54) is 70.6 Å². The molecule has 32 heavy (non-hydrogen) atoms. The van der Waals surface area contributed by atoms with Crippen LogP contribution in [0.2, 0.25) is 0 Å². The van der Waals surface area contributed by atoms with E-state index in [1.54, 1.807) is 0 Å². The van der Waals surface area contributed by atoms with Gasteiger partial charge >= 0.3 is 0 Å². The largest absolute Gasteiger partial charge is 0.310 e. The van der Waals surface area contributed by atoms with E-state index >= 15 is 0 Å². The van der Waals surface area contributed by atoms with Crippen LogP contribution in [-0.4, -0.2) is 0 Å². The van der Waals surface area contributed by atoms with Crippen molar-refractivity contribution in [2.24, 2.45) is 0 Å². The molecule has 0 aliphatic heterocycles. The van der Waals surface area contributed by atoms with Gasteiger partial charge in [0, 0.05) is 17.1 Å². The minimum atomic E-state index is 1.18. The number of benzene rings is 4. The maximum absolute atomic E-state index is 2.40. The molecule has 1 heteroatoms. The number of rotatable bonds is 5. The highest BCUT2D eigenvalue weighted by Gasteiger charge is 2.15. The van der Waals surface area contributed by atoms with E-state index in [9.17, 15) is 0 Å². The van der Waals surface area contributed by atoms with Crippen LogP contribution in [0.15, 0.2) is 97.1 Å². The van der Waals surface area contributed by atoms with Crippen LogP contribution < -0.4 is 4.90 Å². The van der Waals surface area contributed by atoms with Gasteiger partial charge in [0.25, 0.3) is 0 Å². The highest BCUT2D eigenvalue weighted by molar-refractivity contribution is 5.78. The molecule has 0 atom stereocenters. The first-order chi connectivity index (χ1) is 15.8. The summed E-state index contributed by atoms with van der Waals surface area (Å²) in [5.41, 5.74) is 10.3. The van der Waals surface area contributed by atoms with Gasteiger partial charge in [-0.05, 0) is 91.3 Å². The van der Waals surface area contributed by atoms with Gasteiger partial charge in [-0.25, -0.2) is 0 Å². The van der Waals surface area contributed by atoms with E-state index in [-0.39, 0.29) is 0 Å². The van der Waals surface area contributed by atoms with Gasteiger partial charge in [0.15, 0.2) is 0 Å². The Labute approximate surface area is 191 Å². The second kappa shape index (κ2) is 9.28.